The van der Waals surface area contributed by atoms with Crippen molar-refractivity contribution in [3.63, 3.8) is 0 Å². The average Bonchev–Trinajstić information content (AvgIpc) is 2.55. The predicted octanol–water partition coefficient (Wildman–Crippen LogP) is 1.75. The standard InChI is InChI=1S/C17H24N2O3/c1-3-19-15(20)10-9-14(17(21)18-11-12-22-2)16(19)13-7-5-4-6-8-13/h4-8,14,16H,3,9-12H2,1-2H3,(H,18,21)/t14-,16+/m1/s1. The zero-order valence-corrected chi connectivity index (χ0v) is 13.2. The van der Waals surface area contributed by atoms with E-state index >= 15 is 0 Å². The lowest BCUT2D eigenvalue weighted by Crippen LogP contribution is -2.48. The average molecular weight is 304 g/mol. The van der Waals surface area contributed by atoms with Crippen LogP contribution in [0.5, 0.6) is 0 Å². The highest BCUT2D eigenvalue weighted by molar-refractivity contribution is 5.85. The molecule has 22 heavy (non-hydrogen) atoms. The summed E-state index contributed by atoms with van der Waals surface area (Å²) in [6.45, 7) is 3.55. The van der Waals surface area contributed by atoms with Crippen LogP contribution < -0.4 is 5.32 Å². The van der Waals surface area contributed by atoms with Crippen LogP contribution in [0.3, 0.4) is 0 Å². The number of piperidine rings is 1. The topological polar surface area (TPSA) is 58.6 Å². The van der Waals surface area contributed by atoms with Crippen molar-refractivity contribution in [3.8, 4) is 0 Å². The highest BCUT2D eigenvalue weighted by Crippen LogP contribution is 2.36. The Morgan fingerprint density at radius 2 is 2.09 bits per heavy atom. The maximum absolute atomic E-state index is 12.5. The van der Waals surface area contributed by atoms with Crippen molar-refractivity contribution in [3.05, 3.63) is 35.9 Å². The highest BCUT2D eigenvalue weighted by atomic mass is 16.5. The molecule has 1 N–H and O–H groups in total. The van der Waals surface area contributed by atoms with Crippen LogP contribution in [0.4, 0.5) is 0 Å². The molecule has 0 spiro atoms. The number of hydrogen-bond donors (Lipinski definition) is 1. The van der Waals surface area contributed by atoms with E-state index in [9.17, 15) is 9.59 Å². The van der Waals surface area contributed by atoms with E-state index in [2.05, 4.69) is 5.32 Å². The molecule has 0 unspecified atom stereocenters. The summed E-state index contributed by atoms with van der Waals surface area (Å²) in [5.74, 6) is -0.0916. The Hall–Kier alpha value is -1.88. The number of nitrogens with one attached hydrogen (secondary N) is 1. The van der Waals surface area contributed by atoms with Crippen molar-refractivity contribution in [2.75, 3.05) is 26.8 Å². The first-order valence-electron chi connectivity index (χ1n) is 7.80. The summed E-state index contributed by atoms with van der Waals surface area (Å²) in [6.07, 6.45) is 1.02. The molecule has 1 aliphatic rings. The Morgan fingerprint density at radius 1 is 1.36 bits per heavy atom. The van der Waals surface area contributed by atoms with Crippen LogP contribution in [0, 0.1) is 5.92 Å². The number of hydrogen-bond acceptors (Lipinski definition) is 3. The van der Waals surface area contributed by atoms with Gasteiger partial charge in [0.25, 0.3) is 0 Å². The molecule has 1 aromatic rings. The monoisotopic (exact) mass is 304 g/mol. The van der Waals surface area contributed by atoms with Gasteiger partial charge in [-0.25, -0.2) is 0 Å². The molecule has 0 radical (unpaired) electrons. The molecule has 1 aliphatic heterocycles. The van der Waals surface area contributed by atoms with E-state index < -0.39 is 0 Å². The maximum atomic E-state index is 12.5. The number of amides is 2. The summed E-state index contributed by atoms with van der Waals surface area (Å²) in [6, 6.07) is 9.63. The van der Waals surface area contributed by atoms with Gasteiger partial charge in [-0.1, -0.05) is 30.3 Å². The summed E-state index contributed by atoms with van der Waals surface area (Å²) in [7, 11) is 1.61. The fraction of sp³-hybridized carbons (Fsp3) is 0.529. The van der Waals surface area contributed by atoms with Gasteiger partial charge < -0.3 is 15.0 Å². The number of rotatable bonds is 6. The van der Waals surface area contributed by atoms with E-state index in [1.165, 1.54) is 0 Å². The van der Waals surface area contributed by atoms with Crippen LogP contribution in [-0.4, -0.2) is 43.5 Å². The van der Waals surface area contributed by atoms with Gasteiger partial charge in [0.2, 0.25) is 11.8 Å². The number of carbonyl (C=O) groups is 2. The minimum Gasteiger partial charge on any atom is -0.383 e. The SMILES string of the molecule is CCN1C(=O)CC[C@@H](C(=O)NCCOC)[C@@H]1c1ccccc1. The van der Waals surface area contributed by atoms with Crippen molar-refractivity contribution in [1.29, 1.82) is 0 Å². The van der Waals surface area contributed by atoms with Crippen molar-refractivity contribution < 1.29 is 14.3 Å². The molecule has 120 valence electrons. The zero-order chi connectivity index (χ0) is 15.9. The molecule has 0 aliphatic carbocycles. The highest BCUT2D eigenvalue weighted by Gasteiger charge is 2.39. The second kappa shape index (κ2) is 7.94. The van der Waals surface area contributed by atoms with Gasteiger partial charge in [-0.2, -0.15) is 0 Å². The summed E-state index contributed by atoms with van der Waals surface area (Å²) < 4.78 is 4.97. The van der Waals surface area contributed by atoms with Crippen molar-refractivity contribution in [1.82, 2.24) is 10.2 Å². The molecule has 2 amide bonds. The first-order chi connectivity index (χ1) is 10.7. The van der Waals surface area contributed by atoms with Crippen molar-refractivity contribution in [2.45, 2.75) is 25.8 Å². The van der Waals surface area contributed by atoms with Crippen LogP contribution >= 0.6 is 0 Å². The zero-order valence-electron chi connectivity index (χ0n) is 13.2. The van der Waals surface area contributed by atoms with E-state index in [-0.39, 0.29) is 23.8 Å². The van der Waals surface area contributed by atoms with E-state index in [0.29, 0.717) is 32.5 Å². The third-order valence-corrected chi connectivity index (χ3v) is 4.13. The van der Waals surface area contributed by atoms with Gasteiger partial charge in [-0.05, 0) is 18.9 Å². The van der Waals surface area contributed by atoms with Crippen molar-refractivity contribution >= 4 is 11.8 Å². The van der Waals surface area contributed by atoms with Gasteiger partial charge in [0, 0.05) is 26.6 Å². The van der Waals surface area contributed by atoms with E-state index in [0.717, 1.165) is 5.56 Å². The normalized spacial score (nSPS) is 21.7. The summed E-state index contributed by atoms with van der Waals surface area (Å²) >= 11 is 0. The van der Waals surface area contributed by atoms with Crippen LogP contribution in [0.2, 0.25) is 0 Å². The Bertz CT molecular complexity index is 504. The van der Waals surface area contributed by atoms with Gasteiger partial charge in [0.15, 0.2) is 0 Å². The maximum Gasteiger partial charge on any atom is 0.225 e. The van der Waals surface area contributed by atoms with Crippen molar-refractivity contribution in [2.24, 2.45) is 5.92 Å². The van der Waals surface area contributed by atoms with E-state index in [1.807, 2.05) is 42.2 Å². The molecule has 1 saturated heterocycles. The lowest BCUT2D eigenvalue weighted by atomic mass is 9.83. The largest absolute Gasteiger partial charge is 0.383 e. The van der Waals surface area contributed by atoms with E-state index in [4.69, 9.17) is 4.74 Å². The molecule has 0 bridgehead atoms. The van der Waals surface area contributed by atoms with Crippen LogP contribution in [-0.2, 0) is 14.3 Å². The van der Waals surface area contributed by atoms with Gasteiger partial charge in [0.1, 0.15) is 0 Å². The first kappa shape index (κ1) is 16.5. The lowest BCUT2D eigenvalue weighted by molar-refractivity contribution is -0.143. The quantitative estimate of drug-likeness (QED) is 0.815. The third kappa shape index (κ3) is 3.65. The van der Waals surface area contributed by atoms with Crippen LogP contribution in [0.1, 0.15) is 31.4 Å². The minimum absolute atomic E-state index is 0.00291. The Morgan fingerprint density at radius 3 is 2.73 bits per heavy atom. The number of carbonyl (C=O) groups excluding carboxylic acids is 2. The Balaban J connectivity index is 2.22. The molecule has 0 aromatic heterocycles. The molecule has 1 heterocycles. The minimum atomic E-state index is -0.211. The van der Waals surface area contributed by atoms with Crippen LogP contribution in [0.15, 0.2) is 30.3 Å². The lowest BCUT2D eigenvalue weighted by Gasteiger charge is -2.40. The third-order valence-electron chi connectivity index (χ3n) is 4.13. The molecule has 2 rings (SSSR count). The smallest absolute Gasteiger partial charge is 0.225 e. The van der Waals surface area contributed by atoms with E-state index in [1.54, 1.807) is 7.11 Å². The number of nitrogens with zero attached hydrogens (tertiary/aromatic N) is 1. The Labute approximate surface area is 131 Å². The molecule has 1 aromatic carbocycles. The number of benzene rings is 1. The van der Waals surface area contributed by atoms with Gasteiger partial charge in [-0.15, -0.1) is 0 Å². The summed E-state index contributed by atoms with van der Waals surface area (Å²) in [5, 5.41) is 2.91. The van der Waals surface area contributed by atoms with Gasteiger partial charge in [0.05, 0.1) is 18.6 Å². The molecule has 2 atom stereocenters. The molecule has 0 saturated carbocycles. The second-order valence-corrected chi connectivity index (χ2v) is 5.46. The molecular formula is C17H24N2O3. The second-order valence-electron chi connectivity index (χ2n) is 5.46. The number of ether oxygens (including phenoxy) is 1. The Kier molecular flexibility index (Phi) is 5.95. The van der Waals surface area contributed by atoms with Crippen LogP contribution in [0.25, 0.3) is 0 Å². The summed E-state index contributed by atoms with van der Waals surface area (Å²) in [5.41, 5.74) is 1.02. The fourth-order valence-corrected chi connectivity index (χ4v) is 3.07. The summed E-state index contributed by atoms with van der Waals surface area (Å²) in [4.78, 5) is 26.6. The first-order valence-corrected chi connectivity index (χ1v) is 7.80. The van der Waals surface area contributed by atoms with Gasteiger partial charge in [-0.3, -0.25) is 9.59 Å². The van der Waals surface area contributed by atoms with Gasteiger partial charge >= 0.3 is 0 Å². The molecule has 5 heteroatoms. The molecular weight excluding hydrogens is 280 g/mol. The number of methoxy groups -OCH3 is 1. The number of likely N-dealkylation sites (tertiary alicyclic amines) is 1. The predicted molar refractivity (Wildman–Crippen MR) is 84.2 cm³/mol. The fourth-order valence-electron chi connectivity index (χ4n) is 3.07. The molecule has 1 fully saturated rings. The molecule has 5 nitrogen and oxygen atoms in total.